The lowest BCUT2D eigenvalue weighted by Gasteiger charge is -2.30. The quantitative estimate of drug-likeness (QED) is 0.729. The topological polar surface area (TPSA) is 75.7 Å². The fourth-order valence-electron chi connectivity index (χ4n) is 3.00. The van der Waals surface area contributed by atoms with Crippen molar-refractivity contribution in [1.82, 2.24) is 0 Å². The number of fused-ring (bicyclic) bond motifs is 1. The number of rotatable bonds is 6. The number of halogens is 2. The number of benzene rings is 2. The first kappa shape index (κ1) is 20.8. The molecule has 1 N–H and O–H groups in total. The Hall–Kier alpha value is -1.96. The molecule has 1 aliphatic rings. The van der Waals surface area contributed by atoms with Crippen molar-refractivity contribution < 1.29 is 17.9 Å². The molecule has 0 aliphatic carbocycles. The van der Waals surface area contributed by atoms with Crippen molar-refractivity contribution in [3.63, 3.8) is 0 Å². The number of sulfonamides is 1. The van der Waals surface area contributed by atoms with Crippen LogP contribution in [0.25, 0.3) is 0 Å². The predicted octanol–water partition coefficient (Wildman–Crippen LogP) is 4.11. The Kier molecular flexibility index (Phi) is 6.37. The van der Waals surface area contributed by atoms with Crippen molar-refractivity contribution in [2.24, 2.45) is 0 Å². The highest BCUT2D eigenvalue weighted by atomic mass is 35.5. The van der Waals surface area contributed by atoms with Gasteiger partial charge in [0.15, 0.2) is 6.61 Å². The van der Waals surface area contributed by atoms with Gasteiger partial charge in [-0.05, 0) is 55.7 Å². The molecule has 28 heavy (non-hydrogen) atoms. The van der Waals surface area contributed by atoms with E-state index in [1.165, 1.54) is 10.4 Å². The molecule has 0 spiro atoms. The number of carbonyl (C=O) groups is 1. The highest BCUT2D eigenvalue weighted by molar-refractivity contribution is 7.92. The van der Waals surface area contributed by atoms with Crippen LogP contribution in [0.5, 0.6) is 5.75 Å². The van der Waals surface area contributed by atoms with E-state index >= 15 is 0 Å². The molecule has 1 amide bonds. The van der Waals surface area contributed by atoms with E-state index in [1.54, 1.807) is 31.2 Å². The van der Waals surface area contributed by atoms with E-state index in [2.05, 4.69) is 5.32 Å². The number of anilines is 2. The molecule has 2 aromatic carbocycles. The Balaban J connectivity index is 1.71. The average Bonchev–Trinajstić information content (AvgIpc) is 2.66. The third-order valence-electron chi connectivity index (χ3n) is 4.40. The molecule has 0 saturated heterocycles. The van der Waals surface area contributed by atoms with Crippen LogP contribution in [-0.2, 0) is 21.2 Å². The maximum atomic E-state index is 12.4. The molecule has 0 fully saturated rings. The van der Waals surface area contributed by atoms with Crippen LogP contribution in [0.4, 0.5) is 11.4 Å². The first-order valence-corrected chi connectivity index (χ1v) is 11.2. The van der Waals surface area contributed by atoms with Crippen molar-refractivity contribution >= 4 is 50.5 Å². The molecule has 0 radical (unpaired) electrons. The first-order chi connectivity index (χ1) is 13.3. The van der Waals surface area contributed by atoms with E-state index < -0.39 is 10.0 Å². The second-order valence-electron chi connectivity index (χ2n) is 6.33. The maximum Gasteiger partial charge on any atom is 0.262 e. The summed E-state index contributed by atoms with van der Waals surface area (Å²) in [6, 6.07) is 10.0. The zero-order valence-corrected chi connectivity index (χ0v) is 17.6. The summed E-state index contributed by atoms with van der Waals surface area (Å²) in [5.41, 5.74) is 2.07. The number of nitrogens with zero attached hydrogens (tertiary/aromatic N) is 1. The molecular weight excluding hydrogens is 423 g/mol. The van der Waals surface area contributed by atoms with E-state index in [9.17, 15) is 13.2 Å². The lowest BCUT2D eigenvalue weighted by molar-refractivity contribution is -0.118. The van der Waals surface area contributed by atoms with Crippen LogP contribution in [0.2, 0.25) is 10.0 Å². The van der Waals surface area contributed by atoms with Crippen molar-refractivity contribution in [1.29, 1.82) is 0 Å². The van der Waals surface area contributed by atoms with E-state index in [-0.39, 0.29) is 18.3 Å². The van der Waals surface area contributed by atoms with E-state index in [4.69, 9.17) is 27.9 Å². The van der Waals surface area contributed by atoms with Gasteiger partial charge in [0.25, 0.3) is 5.91 Å². The zero-order valence-electron chi connectivity index (χ0n) is 15.2. The highest BCUT2D eigenvalue weighted by Gasteiger charge is 2.26. The summed E-state index contributed by atoms with van der Waals surface area (Å²) in [5, 5.41) is 3.52. The third kappa shape index (κ3) is 4.71. The largest absolute Gasteiger partial charge is 0.482 e. The average molecular weight is 443 g/mol. The zero-order chi connectivity index (χ0) is 20.3. The van der Waals surface area contributed by atoms with Crippen LogP contribution in [0.15, 0.2) is 36.4 Å². The second-order valence-corrected chi connectivity index (χ2v) is 9.36. The van der Waals surface area contributed by atoms with Crippen molar-refractivity contribution in [3.05, 3.63) is 52.0 Å². The molecule has 2 aromatic rings. The Bertz CT molecular complexity index is 995. The van der Waals surface area contributed by atoms with Gasteiger partial charge in [0, 0.05) is 17.3 Å². The minimum Gasteiger partial charge on any atom is -0.482 e. The predicted molar refractivity (Wildman–Crippen MR) is 112 cm³/mol. The normalized spacial score (nSPS) is 13.8. The van der Waals surface area contributed by atoms with Gasteiger partial charge in [-0.1, -0.05) is 29.3 Å². The molecule has 150 valence electrons. The van der Waals surface area contributed by atoms with Crippen molar-refractivity contribution in [2.75, 3.05) is 28.5 Å². The number of hydrogen-bond acceptors (Lipinski definition) is 4. The third-order valence-corrected chi connectivity index (χ3v) is 6.71. The van der Waals surface area contributed by atoms with E-state index in [0.717, 1.165) is 18.4 Å². The second kappa shape index (κ2) is 8.59. The van der Waals surface area contributed by atoms with Gasteiger partial charge >= 0.3 is 0 Å². The van der Waals surface area contributed by atoms with Crippen LogP contribution < -0.4 is 14.4 Å². The fraction of sp³-hybridized carbons (Fsp3) is 0.316. The summed E-state index contributed by atoms with van der Waals surface area (Å²) in [4.78, 5) is 12.2. The molecule has 0 unspecified atom stereocenters. The summed E-state index contributed by atoms with van der Waals surface area (Å²) in [7, 11) is -3.36. The summed E-state index contributed by atoms with van der Waals surface area (Å²) in [5.74, 6) is -0.00262. The Morgan fingerprint density at radius 3 is 2.71 bits per heavy atom. The monoisotopic (exact) mass is 442 g/mol. The first-order valence-electron chi connectivity index (χ1n) is 8.81. The van der Waals surface area contributed by atoms with Gasteiger partial charge in [-0.3, -0.25) is 9.10 Å². The number of hydrogen-bond donors (Lipinski definition) is 1. The van der Waals surface area contributed by atoms with Gasteiger partial charge in [-0.15, -0.1) is 0 Å². The van der Waals surface area contributed by atoms with Gasteiger partial charge in [-0.2, -0.15) is 0 Å². The van der Waals surface area contributed by atoms with Crippen LogP contribution >= 0.6 is 23.2 Å². The molecule has 9 heteroatoms. The number of carbonyl (C=O) groups excluding carboxylic acids is 1. The summed E-state index contributed by atoms with van der Waals surface area (Å²) in [6.07, 6.45) is 1.57. The summed E-state index contributed by atoms with van der Waals surface area (Å²) >= 11 is 11.9. The van der Waals surface area contributed by atoms with Gasteiger partial charge in [0.2, 0.25) is 10.0 Å². The lowest BCUT2D eigenvalue weighted by atomic mass is 10.0. The number of amides is 1. The standard InChI is InChI=1S/C19H20Cl2N2O4S/c1-2-28(25,26)23-9-3-4-13-5-7-15(11-17(13)23)22-19(24)12-27-18-8-6-14(20)10-16(18)21/h5-8,10-11H,2-4,9,12H2,1H3,(H,22,24). The number of aryl methyl sites for hydroxylation is 1. The van der Waals surface area contributed by atoms with Crippen LogP contribution in [0, 0.1) is 0 Å². The molecule has 1 heterocycles. The minimum absolute atomic E-state index is 0.0265. The van der Waals surface area contributed by atoms with Crippen LogP contribution in [0.3, 0.4) is 0 Å². The van der Waals surface area contributed by atoms with E-state index in [1.807, 2.05) is 6.07 Å². The summed E-state index contributed by atoms with van der Waals surface area (Å²) in [6.45, 7) is 1.82. The van der Waals surface area contributed by atoms with Gasteiger partial charge in [-0.25, -0.2) is 8.42 Å². The fourth-order valence-corrected chi connectivity index (χ4v) is 4.65. The SMILES string of the molecule is CCS(=O)(=O)N1CCCc2ccc(NC(=O)COc3ccc(Cl)cc3Cl)cc21. The van der Waals surface area contributed by atoms with E-state index in [0.29, 0.717) is 33.7 Å². The molecule has 0 atom stereocenters. The van der Waals surface area contributed by atoms with Crippen LogP contribution in [0.1, 0.15) is 18.9 Å². The molecule has 0 bridgehead atoms. The highest BCUT2D eigenvalue weighted by Crippen LogP contribution is 2.32. The smallest absolute Gasteiger partial charge is 0.262 e. The van der Waals surface area contributed by atoms with Gasteiger partial charge in [0.05, 0.1) is 16.5 Å². The van der Waals surface area contributed by atoms with Gasteiger partial charge in [0.1, 0.15) is 5.75 Å². The molecular formula is C19H20Cl2N2O4S. The molecule has 3 rings (SSSR count). The number of ether oxygens (including phenoxy) is 1. The maximum absolute atomic E-state index is 12.4. The van der Waals surface area contributed by atoms with Gasteiger partial charge < -0.3 is 10.1 Å². The minimum atomic E-state index is -3.36. The Morgan fingerprint density at radius 2 is 2.00 bits per heavy atom. The van der Waals surface area contributed by atoms with Crippen molar-refractivity contribution in [3.8, 4) is 5.75 Å². The Labute approximate surface area is 174 Å². The van der Waals surface area contributed by atoms with Crippen molar-refractivity contribution in [2.45, 2.75) is 19.8 Å². The molecule has 6 nitrogen and oxygen atoms in total. The Morgan fingerprint density at radius 1 is 1.21 bits per heavy atom. The molecule has 1 aliphatic heterocycles. The van der Waals surface area contributed by atoms with Crippen LogP contribution in [-0.4, -0.2) is 33.2 Å². The number of nitrogens with one attached hydrogen (secondary N) is 1. The molecule has 0 aromatic heterocycles. The summed E-state index contributed by atoms with van der Waals surface area (Å²) < 4.78 is 31.6. The molecule has 0 saturated carbocycles. The lowest BCUT2D eigenvalue weighted by Crippen LogP contribution is -2.36.